The van der Waals surface area contributed by atoms with Crippen LogP contribution >= 0.6 is 11.8 Å². The van der Waals surface area contributed by atoms with Gasteiger partial charge in [-0.25, -0.2) is 13.8 Å². The standard InChI is InChI=1S/C38H46F2N4OS/c1-24(2)19-25-9-7-10-26(20-25)38(5)16-8-15-37(3,4)23-46-18-14-29-28-13-17-43-33(28)22-32(40)34(29)45-27-11-12-31(39)30(21-27)35(42-6)44-36(38)41/h7,9-13,17,20-22,24,43H,8,14-16,18-19,23H2,1-6H3,(H2,41,42,44). The van der Waals surface area contributed by atoms with Gasteiger partial charge in [0.15, 0.2) is 11.6 Å². The molecule has 4 aromatic rings. The van der Waals surface area contributed by atoms with E-state index in [-0.39, 0.29) is 28.4 Å². The molecule has 1 aliphatic heterocycles. The molecule has 0 saturated carbocycles. The van der Waals surface area contributed by atoms with Crippen molar-refractivity contribution in [1.29, 1.82) is 5.41 Å². The van der Waals surface area contributed by atoms with Gasteiger partial charge in [0.05, 0.1) is 11.0 Å². The van der Waals surface area contributed by atoms with E-state index in [1.165, 1.54) is 29.8 Å². The molecule has 1 unspecified atom stereocenters. The number of halogens is 2. The molecule has 0 spiro atoms. The summed E-state index contributed by atoms with van der Waals surface area (Å²) in [5.41, 5.74) is 3.29. The highest BCUT2D eigenvalue weighted by Gasteiger charge is 2.34. The molecule has 8 heteroatoms. The average molecular weight is 645 g/mol. The SMILES string of the molecule is CN/C1=N\C(=N)C(C)(c2cccc(CC(C)C)c2)CCCC(C)(C)CSCCc2c(c(F)cc3[nH]ccc23)Oc2ccc(F)c1c2. The Balaban J connectivity index is 1.61. The molecular weight excluding hydrogens is 599 g/mol. The Bertz CT molecular complexity index is 1740. The summed E-state index contributed by atoms with van der Waals surface area (Å²) in [5, 5.41) is 13.3. The third kappa shape index (κ3) is 7.49. The molecule has 0 aliphatic carbocycles. The maximum atomic E-state index is 15.6. The van der Waals surface area contributed by atoms with Gasteiger partial charge in [0.25, 0.3) is 0 Å². The Morgan fingerprint density at radius 2 is 1.85 bits per heavy atom. The molecule has 0 saturated heterocycles. The van der Waals surface area contributed by atoms with E-state index in [1.54, 1.807) is 13.2 Å². The molecule has 1 aromatic heterocycles. The quantitative estimate of drug-likeness (QED) is 0.208. The molecule has 3 N–H and O–H groups in total. The van der Waals surface area contributed by atoms with Gasteiger partial charge in [-0.05, 0) is 90.8 Å². The first-order chi connectivity index (χ1) is 21.9. The third-order valence-electron chi connectivity index (χ3n) is 8.99. The number of ether oxygens (including phenoxy) is 1. The van der Waals surface area contributed by atoms with Crippen LogP contribution in [0.4, 0.5) is 8.78 Å². The zero-order valence-electron chi connectivity index (χ0n) is 27.8. The van der Waals surface area contributed by atoms with Crippen molar-refractivity contribution >= 4 is 34.3 Å². The van der Waals surface area contributed by atoms with Gasteiger partial charge in [-0.2, -0.15) is 11.8 Å². The molecule has 2 heterocycles. The van der Waals surface area contributed by atoms with Gasteiger partial charge in [-0.3, -0.25) is 5.41 Å². The van der Waals surface area contributed by atoms with E-state index < -0.39 is 17.0 Å². The Morgan fingerprint density at radius 1 is 1.04 bits per heavy atom. The van der Waals surface area contributed by atoms with Gasteiger partial charge in [-0.15, -0.1) is 0 Å². The van der Waals surface area contributed by atoms with Crippen LogP contribution in [0.3, 0.4) is 0 Å². The Morgan fingerprint density at radius 3 is 2.61 bits per heavy atom. The monoisotopic (exact) mass is 644 g/mol. The Kier molecular flexibility index (Phi) is 10.3. The van der Waals surface area contributed by atoms with E-state index in [4.69, 9.17) is 9.73 Å². The first-order valence-electron chi connectivity index (χ1n) is 16.2. The number of nitrogens with one attached hydrogen (secondary N) is 3. The summed E-state index contributed by atoms with van der Waals surface area (Å²) in [6.07, 6.45) is 5.99. The molecule has 244 valence electrons. The van der Waals surface area contributed by atoms with Crippen LogP contribution in [0.5, 0.6) is 11.5 Å². The van der Waals surface area contributed by atoms with Crippen LogP contribution in [0.1, 0.15) is 76.1 Å². The number of nitrogens with zero attached hydrogens (tertiary/aromatic N) is 1. The molecule has 46 heavy (non-hydrogen) atoms. The fourth-order valence-electron chi connectivity index (χ4n) is 6.36. The normalized spacial score (nSPS) is 20.7. The van der Waals surface area contributed by atoms with E-state index in [0.717, 1.165) is 53.7 Å². The van der Waals surface area contributed by atoms with Crippen LogP contribution in [-0.4, -0.2) is 35.2 Å². The predicted octanol–water partition coefficient (Wildman–Crippen LogP) is 9.82. The number of amidine groups is 2. The van der Waals surface area contributed by atoms with Gasteiger partial charge in [-0.1, -0.05) is 58.4 Å². The second-order valence-electron chi connectivity index (χ2n) is 13.9. The molecule has 5 nitrogen and oxygen atoms in total. The van der Waals surface area contributed by atoms with E-state index >= 15 is 8.78 Å². The largest absolute Gasteiger partial charge is 0.454 e. The van der Waals surface area contributed by atoms with Crippen molar-refractivity contribution in [3.8, 4) is 11.5 Å². The number of aromatic amines is 1. The number of hydrogen-bond acceptors (Lipinski definition) is 4. The summed E-state index contributed by atoms with van der Waals surface area (Å²) in [7, 11) is 1.67. The molecule has 1 aliphatic rings. The topological polar surface area (TPSA) is 73.3 Å². The van der Waals surface area contributed by atoms with Crippen molar-refractivity contribution in [1.82, 2.24) is 10.3 Å². The lowest BCUT2D eigenvalue weighted by atomic mass is 9.74. The van der Waals surface area contributed by atoms with Gasteiger partial charge in [0, 0.05) is 35.8 Å². The van der Waals surface area contributed by atoms with Crippen molar-refractivity contribution in [2.75, 3.05) is 18.6 Å². The van der Waals surface area contributed by atoms with Gasteiger partial charge < -0.3 is 15.0 Å². The summed E-state index contributed by atoms with van der Waals surface area (Å²) in [6, 6.07) is 16.2. The first-order valence-corrected chi connectivity index (χ1v) is 17.3. The number of benzene rings is 3. The smallest absolute Gasteiger partial charge is 0.168 e. The molecule has 0 radical (unpaired) electrons. The fraction of sp³-hybridized carbons (Fsp3) is 0.421. The number of fused-ring (bicyclic) bond motifs is 5. The third-order valence-corrected chi connectivity index (χ3v) is 10.5. The van der Waals surface area contributed by atoms with E-state index in [1.807, 2.05) is 17.8 Å². The van der Waals surface area contributed by atoms with Crippen LogP contribution < -0.4 is 10.1 Å². The minimum absolute atomic E-state index is 0.0589. The number of hydrogen-bond donors (Lipinski definition) is 3. The number of rotatable bonds is 3. The summed E-state index contributed by atoms with van der Waals surface area (Å²) >= 11 is 1.86. The number of aromatic nitrogens is 1. The van der Waals surface area contributed by atoms with Crippen LogP contribution in [0.25, 0.3) is 10.9 Å². The van der Waals surface area contributed by atoms with Crippen LogP contribution in [0, 0.1) is 28.4 Å². The minimum atomic E-state index is -0.696. The van der Waals surface area contributed by atoms with Crippen molar-refractivity contribution in [2.45, 2.75) is 72.1 Å². The Hall–Kier alpha value is -3.65. The highest BCUT2D eigenvalue weighted by atomic mass is 32.2. The summed E-state index contributed by atoms with van der Waals surface area (Å²) < 4.78 is 37.3. The molecule has 3 aromatic carbocycles. The second-order valence-corrected chi connectivity index (χ2v) is 15.0. The predicted molar refractivity (Wildman–Crippen MR) is 189 cm³/mol. The maximum Gasteiger partial charge on any atom is 0.168 e. The number of aryl methyl sites for hydroxylation is 1. The second kappa shape index (κ2) is 14.0. The Labute approximate surface area is 276 Å². The number of aliphatic imine (C=N–C) groups is 1. The molecule has 2 bridgehead atoms. The highest BCUT2D eigenvalue weighted by Crippen LogP contribution is 2.39. The van der Waals surface area contributed by atoms with Crippen molar-refractivity contribution < 1.29 is 13.5 Å². The van der Waals surface area contributed by atoms with Crippen LogP contribution in [0.15, 0.2) is 65.8 Å². The van der Waals surface area contributed by atoms with E-state index in [9.17, 15) is 5.41 Å². The highest BCUT2D eigenvalue weighted by molar-refractivity contribution is 7.99. The fourth-order valence-corrected chi connectivity index (χ4v) is 7.55. The summed E-state index contributed by atoms with van der Waals surface area (Å²) in [5.74, 6) is 2.09. The lowest BCUT2D eigenvalue weighted by Crippen LogP contribution is -2.34. The minimum Gasteiger partial charge on any atom is -0.454 e. The lowest BCUT2D eigenvalue weighted by molar-refractivity contribution is 0.353. The van der Waals surface area contributed by atoms with Crippen molar-refractivity contribution in [3.05, 3.63) is 94.7 Å². The molecule has 5 rings (SSSR count). The molecular formula is C38H46F2N4OS. The van der Waals surface area contributed by atoms with Gasteiger partial charge in [0.2, 0.25) is 0 Å². The number of H-pyrrole nitrogens is 1. The zero-order chi connectivity index (χ0) is 33.1. The molecule has 0 amide bonds. The average Bonchev–Trinajstić information content (AvgIpc) is 3.47. The summed E-state index contributed by atoms with van der Waals surface area (Å²) in [6.45, 7) is 11.1. The molecule has 1 atom stereocenters. The van der Waals surface area contributed by atoms with Crippen LogP contribution in [-0.2, 0) is 18.3 Å². The van der Waals surface area contributed by atoms with Crippen LogP contribution in [0.2, 0.25) is 0 Å². The maximum absolute atomic E-state index is 15.6. The first kappa shape index (κ1) is 33.7. The van der Waals surface area contributed by atoms with Crippen molar-refractivity contribution in [3.63, 3.8) is 0 Å². The summed E-state index contributed by atoms with van der Waals surface area (Å²) in [4.78, 5) is 7.88. The zero-order valence-corrected chi connectivity index (χ0v) is 28.6. The van der Waals surface area contributed by atoms with E-state index in [2.05, 4.69) is 69.2 Å². The molecule has 0 fully saturated rings. The lowest BCUT2D eigenvalue weighted by Gasteiger charge is -2.32. The van der Waals surface area contributed by atoms with E-state index in [0.29, 0.717) is 23.6 Å². The van der Waals surface area contributed by atoms with Gasteiger partial charge >= 0.3 is 0 Å². The van der Waals surface area contributed by atoms with Gasteiger partial charge in [0.1, 0.15) is 23.2 Å². The number of thioether (sulfide) groups is 1. The van der Waals surface area contributed by atoms with Crippen molar-refractivity contribution in [2.24, 2.45) is 16.3 Å².